The third-order valence-corrected chi connectivity index (χ3v) is 5.41. The number of aromatic nitrogens is 1. The lowest BCUT2D eigenvalue weighted by atomic mass is 10.0. The first kappa shape index (κ1) is 20.5. The van der Waals surface area contributed by atoms with E-state index in [1.807, 2.05) is 23.6 Å². The van der Waals surface area contributed by atoms with Gasteiger partial charge in [0.25, 0.3) is 0 Å². The van der Waals surface area contributed by atoms with Gasteiger partial charge in [-0.1, -0.05) is 53.0 Å². The Balaban J connectivity index is 2.26. The van der Waals surface area contributed by atoms with Gasteiger partial charge in [-0.3, -0.25) is 4.79 Å². The van der Waals surface area contributed by atoms with E-state index in [2.05, 4.69) is 0 Å². The van der Waals surface area contributed by atoms with Crippen molar-refractivity contribution < 1.29 is 9.90 Å². The number of hydrogen-bond donors (Lipinski definition) is 1. The second-order valence-electron chi connectivity index (χ2n) is 6.21. The Bertz CT molecular complexity index is 1110. The van der Waals surface area contributed by atoms with Gasteiger partial charge in [-0.25, -0.2) is 4.79 Å². The molecule has 1 N–H and O–H groups in total. The summed E-state index contributed by atoms with van der Waals surface area (Å²) in [7, 11) is 0. The molecular weight excluding hydrogens is 421 g/mol. The third-order valence-electron chi connectivity index (χ3n) is 4.42. The Hall–Kier alpha value is -2.27. The number of carbonyl (C=O) groups is 1. The fourth-order valence-corrected chi connectivity index (χ4v) is 3.59. The normalized spacial score (nSPS) is 10.9. The summed E-state index contributed by atoms with van der Waals surface area (Å²) in [5.74, 6) is -1.29. The summed E-state index contributed by atoms with van der Waals surface area (Å²) in [6.07, 6.45) is 0.453. The summed E-state index contributed by atoms with van der Waals surface area (Å²) in [6.45, 7) is 2.36. The molecule has 1 heterocycles. The molecule has 0 aliphatic carbocycles. The van der Waals surface area contributed by atoms with Crippen molar-refractivity contribution >= 4 is 40.8 Å². The van der Waals surface area contributed by atoms with Crippen LogP contribution in [-0.2, 0) is 13.0 Å². The number of carboxylic acids is 1. The van der Waals surface area contributed by atoms with Gasteiger partial charge in [0, 0.05) is 35.3 Å². The van der Waals surface area contributed by atoms with Gasteiger partial charge in [0.05, 0.1) is 15.7 Å². The predicted molar refractivity (Wildman–Crippen MR) is 113 cm³/mol. The summed E-state index contributed by atoms with van der Waals surface area (Å²) in [6, 6.07) is 13.5. The van der Waals surface area contributed by atoms with Gasteiger partial charge in [-0.15, -0.1) is 0 Å². The van der Waals surface area contributed by atoms with Crippen LogP contribution >= 0.6 is 34.8 Å². The first-order chi connectivity index (χ1) is 13.3. The zero-order valence-electron chi connectivity index (χ0n) is 14.9. The Morgan fingerprint density at radius 1 is 1.00 bits per heavy atom. The second kappa shape index (κ2) is 8.39. The lowest BCUT2D eigenvalue weighted by molar-refractivity contribution is 0.0695. The van der Waals surface area contributed by atoms with Crippen LogP contribution < -0.4 is 5.43 Å². The van der Waals surface area contributed by atoms with E-state index < -0.39 is 11.4 Å². The van der Waals surface area contributed by atoms with Crippen LogP contribution in [0.15, 0.2) is 53.3 Å². The van der Waals surface area contributed by atoms with Crippen LogP contribution in [0.2, 0.25) is 15.1 Å². The Morgan fingerprint density at radius 2 is 1.68 bits per heavy atom. The number of pyridine rings is 1. The van der Waals surface area contributed by atoms with Crippen molar-refractivity contribution in [2.24, 2.45) is 0 Å². The van der Waals surface area contributed by atoms with Crippen LogP contribution in [0.3, 0.4) is 0 Å². The number of halogens is 3. The molecule has 0 aliphatic heterocycles. The summed E-state index contributed by atoms with van der Waals surface area (Å²) < 4.78 is 1.82. The van der Waals surface area contributed by atoms with Gasteiger partial charge in [0.1, 0.15) is 5.56 Å². The largest absolute Gasteiger partial charge is 0.477 e. The molecule has 0 atom stereocenters. The monoisotopic (exact) mass is 435 g/mol. The summed E-state index contributed by atoms with van der Waals surface area (Å²) in [5, 5.41) is 10.9. The van der Waals surface area contributed by atoms with Gasteiger partial charge in [-0.2, -0.15) is 0 Å². The highest BCUT2D eigenvalue weighted by atomic mass is 35.5. The molecule has 0 fully saturated rings. The van der Waals surface area contributed by atoms with Crippen LogP contribution in [0.4, 0.5) is 0 Å². The fourth-order valence-electron chi connectivity index (χ4n) is 3.17. The zero-order valence-corrected chi connectivity index (χ0v) is 17.1. The van der Waals surface area contributed by atoms with Crippen LogP contribution in [-0.4, -0.2) is 15.6 Å². The van der Waals surface area contributed by atoms with Crippen molar-refractivity contribution in [3.8, 4) is 11.3 Å². The number of aromatic carboxylic acids is 1. The lowest BCUT2D eigenvalue weighted by Crippen LogP contribution is -2.23. The molecule has 3 aromatic rings. The molecule has 0 saturated carbocycles. The average molecular weight is 437 g/mol. The minimum absolute atomic E-state index is 0.286. The molecule has 28 heavy (non-hydrogen) atoms. The summed E-state index contributed by atoms with van der Waals surface area (Å²) in [4.78, 5) is 24.5. The SMILES string of the molecule is CCn1c(Cc2ccc(Cl)cc2)cc(=O)c(C(=O)O)c1-c1ccc(Cl)c(Cl)c1. The molecule has 0 aliphatic rings. The molecule has 2 aromatic carbocycles. The Labute approximate surface area is 176 Å². The van der Waals surface area contributed by atoms with Crippen molar-refractivity contribution in [1.82, 2.24) is 4.57 Å². The van der Waals surface area contributed by atoms with E-state index in [-0.39, 0.29) is 10.6 Å². The number of benzene rings is 2. The molecule has 7 heteroatoms. The predicted octanol–water partition coefficient (Wildman–Crippen LogP) is 5.78. The van der Waals surface area contributed by atoms with Gasteiger partial charge in [0.15, 0.2) is 5.43 Å². The van der Waals surface area contributed by atoms with E-state index in [1.54, 1.807) is 30.3 Å². The van der Waals surface area contributed by atoms with Gasteiger partial charge in [0.2, 0.25) is 0 Å². The maximum Gasteiger partial charge on any atom is 0.341 e. The molecule has 0 amide bonds. The lowest BCUT2D eigenvalue weighted by Gasteiger charge is -2.20. The van der Waals surface area contributed by atoms with E-state index in [1.165, 1.54) is 6.07 Å². The first-order valence-corrected chi connectivity index (χ1v) is 9.65. The van der Waals surface area contributed by atoms with Gasteiger partial charge < -0.3 is 9.67 Å². The van der Waals surface area contributed by atoms with E-state index >= 15 is 0 Å². The summed E-state index contributed by atoms with van der Waals surface area (Å²) in [5.41, 5.74) is 1.63. The van der Waals surface area contributed by atoms with Gasteiger partial charge in [-0.05, 0) is 36.8 Å². The first-order valence-electron chi connectivity index (χ1n) is 8.51. The minimum atomic E-state index is -1.29. The van der Waals surface area contributed by atoms with Crippen molar-refractivity contribution in [2.45, 2.75) is 19.9 Å². The van der Waals surface area contributed by atoms with E-state index in [9.17, 15) is 14.7 Å². The molecule has 0 saturated heterocycles. The molecule has 144 valence electrons. The smallest absolute Gasteiger partial charge is 0.341 e. The molecule has 0 radical (unpaired) electrons. The van der Waals surface area contributed by atoms with E-state index in [0.29, 0.717) is 40.0 Å². The number of nitrogens with zero attached hydrogens (tertiary/aromatic N) is 1. The average Bonchev–Trinajstić information content (AvgIpc) is 2.65. The van der Waals surface area contributed by atoms with Crippen molar-refractivity contribution in [2.75, 3.05) is 0 Å². The van der Waals surface area contributed by atoms with Gasteiger partial charge >= 0.3 is 5.97 Å². The zero-order chi connectivity index (χ0) is 20.4. The van der Waals surface area contributed by atoms with Crippen LogP contribution in [0, 0.1) is 0 Å². The second-order valence-corrected chi connectivity index (χ2v) is 7.46. The van der Waals surface area contributed by atoms with Crippen molar-refractivity contribution in [3.05, 3.63) is 90.6 Å². The van der Waals surface area contributed by atoms with E-state index in [0.717, 1.165) is 5.56 Å². The highest BCUT2D eigenvalue weighted by molar-refractivity contribution is 6.42. The molecule has 3 rings (SSSR count). The summed E-state index contributed by atoms with van der Waals surface area (Å²) >= 11 is 18.1. The van der Waals surface area contributed by atoms with Crippen LogP contribution in [0.25, 0.3) is 11.3 Å². The third kappa shape index (κ3) is 4.09. The molecule has 4 nitrogen and oxygen atoms in total. The molecule has 0 bridgehead atoms. The van der Waals surface area contributed by atoms with E-state index in [4.69, 9.17) is 34.8 Å². The number of rotatable bonds is 5. The maximum atomic E-state index is 12.7. The minimum Gasteiger partial charge on any atom is -0.477 e. The number of carboxylic acid groups (broad SMARTS) is 1. The molecule has 1 aromatic heterocycles. The quantitative estimate of drug-likeness (QED) is 0.551. The van der Waals surface area contributed by atoms with Crippen molar-refractivity contribution in [1.29, 1.82) is 0 Å². The highest BCUT2D eigenvalue weighted by Crippen LogP contribution is 2.31. The highest BCUT2D eigenvalue weighted by Gasteiger charge is 2.22. The topological polar surface area (TPSA) is 59.3 Å². The van der Waals surface area contributed by atoms with Crippen molar-refractivity contribution in [3.63, 3.8) is 0 Å². The standard InChI is InChI=1S/C21H16Cl3NO3/c1-2-25-15(9-12-3-6-14(22)7-4-12)11-18(26)19(21(27)28)20(25)13-5-8-16(23)17(24)10-13/h3-8,10-11H,2,9H2,1H3,(H,27,28). The Kier molecular flexibility index (Phi) is 6.14. The molecule has 0 spiro atoms. The van der Waals surface area contributed by atoms with Crippen LogP contribution in [0.1, 0.15) is 28.5 Å². The van der Waals surface area contributed by atoms with Crippen LogP contribution in [0.5, 0.6) is 0 Å². The Morgan fingerprint density at radius 3 is 2.25 bits per heavy atom. The number of hydrogen-bond acceptors (Lipinski definition) is 2. The molecular formula is C21H16Cl3NO3. The maximum absolute atomic E-state index is 12.7. The molecule has 0 unspecified atom stereocenters. The fraction of sp³-hybridized carbons (Fsp3) is 0.143.